The molecule has 0 radical (unpaired) electrons. The number of nitrogens with one attached hydrogen (secondary N) is 1. The molecule has 0 amide bonds. The molecule has 3 aromatic rings. The predicted octanol–water partition coefficient (Wildman–Crippen LogP) is 3.22. The number of anilines is 1. The highest BCUT2D eigenvalue weighted by molar-refractivity contribution is 7.11. The van der Waals surface area contributed by atoms with Crippen LogP contribution in [0.2, 0.25) is 0 Å². The Morgan fingerprint density at radius 3 is 3.07 bits per heavy atom. The molecule has 5 rings (SSSR count). The number of nitrogens with zero attached hydrogens (tertiary/aromatic N) is 4. The number of rotatable bonds is 7. The van der Waals surface area contributed by atoms with Gasteiger partial charge in [-0.3, -0.25) is 9.78 Å². The van der Waals surface area contributed by atoms with Crippen LogP contribution in [-0.2, 0) is 26.4 Å². The van der Waals surface area contributed by atoms with E-state index >= 15 is 0 Å². The molecule has 8 heteroatoms. The van der Waals surface area contributed by atoms with E-state index in [-0.39, 0.29) is 5.56 Å². The fourth-order valence-corrected chi connectivity index (χ4v) is 4.81. The molecule has 2 atom stereocenters. The first kappa shape index (κ1) is 19.2. The SMILES string of the molecule is Cc1ncc(CNc2cc(OC[C@H]3C[C@@H]3c3ccc4c(n3)CCC4)nn(C)c2=O)s1. The van der Waals surface area contributed by atoms with Crippen molar-refractivity contribution in [3.8, 4) is 5.88 Å². The topological polar surface area (TPSA) is 81.9 Å². The third-order valence-electron chi connectivity index (χ3n) is 5.86. The Morgan fingerprint density at radius 1 is 1.33 bits per heavy atom. The zero-order chi connectivity index (χ0) is 20.7. The maximum absolute atomic E-state index is 12.4. The standard InChI is InChI=1S/C22H25N5O2S/c1-13-23-10-16(30-13)11-24-20-9-21(26-27(2)22(20)28)29-12-15-8-17(15)19-7-6-14-4-3-5-18(14)25-19/h6-7,9-10,15,17,24H,3-5,8,11-12H2,1-2H3/t15-,17+/m1/s1. The summed E-state index contributed by atoms with van der Waals surface area (Å²) in [6.45, 7) is 3.11. The molecule has 3 heterocycles. The summed E-state index contributed by atoms with van der Waals surface area (Å²) in [5.74, 6) is 1.39. The Morgan fingerprint density at radius 2 is 2.23 bits per heavy atom. The van der Waals surface area contributed by atoms with Crippen LogP contribution in [0.4, 0.5) is 5.69 Å². The van der Waals surface area contributed by atoms with Crippen LogP contribution in [-0.4, -0.2) is 26.4 Å². The number of fused-ring (bicyclic) bond motifs is 1. The smallest absolute Gasteiger partial charge is 0.290 e. The molecular weight excluding hydrogens is 398 g/mol. The first-order valence-electron chi connectivity index (χ1n) is 10.4. The first-order chi connectivity index (χ1) is 14.6. The summed E-state index contributed by atoms with van der Waals surface area (Å²) in [6, 6.07) is 6.13. The van der Waals surface area contributed by atoms with Crippen LogP contribution in [0.3, 0.4) is 0 Å². The van der Waals surface area contributed by atoms with Crippen molar-refractivity contribution in [1.29, 1.82) is 0 Å². The number of aromatic nitrogens is 4. The Bertz CT molecular complexity index is 1140. The van der Waals surface area contributed by atoms with Gasteiger partial charge in [0, 0.05) is 47.4 Å². The van der Waals surface area contributed by atoms with Gasteiger partial charge >= 0.3 is 0 Å². The third kappa shape index (κ3) is 3.96. The average Bonchev–Trinajstić information content (AvgIpc) is 3.14. The molecule has 0 saturated heterocycles. The van der Waals surface area contributed by atoms with Gasteiger partial charge in [-0.25, -0.2) is 9.67 Å². The Labute approximate surface area is 179 Å². The number of pyridine rings is 1. The Balaban J connectivity index is 1.21. The Kier molecular flexibility index (Phi) is 5.02. The predicted molar refractivity (Wildman–Crippen MR) is 116 cm³/mol. The second-order valence-corrected chi connectivity index (χ2v) is 9.45. The maximum Gasteiger partial charge on any atom is 0.290 e. The second-order valence-electron chi connectivity index (χ2n) is 8.13. The highest BCUT2D eigenvalue weighted by Crippen LogP contribution is 2.47. The quantitative estimate of drug-likeness (QED) is 0.628. The van der Waals surface area contributed by atoms with E-state index in [1.807, 2.05) is 13.1 Å². The minimum Gasteiger partial charge on any atom is -0.476 e. The van der Waals surface area contributed by atoms with E-state index in [4.69, 9.17) is 9.72 Å². The van der Waals surface area contributed by atoms with E-state index in [1.165, 1.54) is 28.1 Å². The molecule has 2 aliphatic carbocycles. The number of thiazole rings is 1. The van der Waals surface area contributed by atoms with Gasteiger partial charge in [0.05, 0.1) is 18.2 Å². The average molecular weight is 424 g/mol. The van der Waals surface area contributed by atoms with Gasteiger partial charge in [0.15, 0.2) is 0 Å². The number of aryl methyl sites for hydroxylation is 4. The van der Waals surface area contributed by atoms with E-state index < -0.39 is 0 Å². The van der Waals surface area contributed by atoms with E-state index in [0.29, 0.717) is 36.6 Å². The molecule has 0 unspecified atom stereocenters. The molecule has 2 aliphatic rings. The molecule has 30 heavy (non-hydrogen) atoms. The van der Waals surface area contributed by atoms with E-state index in [1.54, 1.807) is 24.5 Å². The van der Waals surface area contributed by atoms with Gasteiger partial charge in [-0.05, 0) is 44.2 Å². The second kappa shape index (κ2) is 7.83. The molecule has 0 aliphatic heterocycles. The molecule has 0 aromatic carbocycles. The third-order valence-corrected chi connectivity index (χ3v) is 6.77. The molecule has 156 valence electrons. The normalized spacial score (nSPS) is 19.5. The van der Waals surface area contributed by atoms with Crippen molar-refractivity contribution in [2.24, 2.45) is 13.0 Å². The summed E-state index contributed by atoms with van der Waals surface area (Å²) in [5, 5.41) is 8.46. The molecule has 1 saturated carbocycles. The highest BCUT2D eigenvalue weighted by atomic mass is 32.1. The number of hydrogen-bond donors (Lipinski definition) is 1. The van der Waals surface area contributed by atoms with Crippen LogP contribution in [0.15, 0.2) is 29.2 Å². The van der Waals surface area contributed by atoms with Crippen LogP contribution in [0.5, 0.6) is 5.88 Å². The molecule has 1 fully saturated rings. The molecule has 3 aromatic heterocycles. The lowest BCUT2D eigenvalue weighted by molar-refractivity contribution is 0.278. The first-order valence-corrected chi connectivity index (χ1v) is 11.2. The van der Waals surface area contributed by atoms with Crippen LogP contribution < -0.4 is 15.6 Å². The minimum absolute atomic E-state index is 0.171. The van der Waals surface area contributed by atoms with Crippen molar-refractivity contribution in [2.45, 2.75) is 45.1 Å². The lowest BCUT2D eigenvalue weighted by atomic mass is 10.1. The highest BCUT2D eigenvalue weighted by Gasteiger charge is 2.40. The molecule has 7 nitrogen and oxygen atoms in total. The van der Waals surface area contributed by atoms with Crippen LogP contribution in [0.1, 0.15) is 45.6 Å². The van der Waals surface area contributed by atoms with E-state index in [0.717, 1.165) is 29.1 Å². The fourth-order valence-electron chi connectivity index (χ4n) is 4.08. The van der Waals surface area contributed by atoms with Crippen LogP contribution in [0.25, 0.3) is 0 Å². The lowest BCUT2D eigenvalue weighted by Gasteiger charge is -2.10. The molecular formula is C22H25N5O2S. The van der Waals surface area contributed by atoms with Crippen molar-refractivity contribution < 1.29 is 4.74 Å². The Hall–Kier alpha value is -2.74. The summed E-state index contributed by atoms with van der Waals surface area (Å²) in [5.41, 5.74) is 4.21. The van der Waals surface area contributed by atoms with Gasteiger partial charge in [-0.15, -0.1) is 16.4 Å². The number of ether oxygens (including phenoxy) is 1. The van der Waals surface area contributed by atoms with E-state index in [9.17, 15) is 4.79 Å². The summed E-state index contributed by atoms with van der Waals surface area (Å²) >= 11 is 1.61. The molecule has 0 spiro atoms. The monoisotopic (exact) mass is 423 g/mol. The number of hydrogen-bond acceptors (Lipinski definition) is 7. The lowest BCUT2D eigenvalue weighted by Crippen LogP contribution is -2.24. The maximum atomic E-state index is 12.4. The largest absolute Gasteiger partial charge is 0.476 e. The van der Waals surface area contributed by atoms with Crippen molar-refractivity contribution in [2.75, 3.05) is 11.9 Å². The van der Waals surface area contributed by atoms with Crippen molar-refractivity contribution in [1.82, 2.24) is 19.7 Å². The van der Waals surface area contributed by atoms with Gasteiger partial charge in [-0.2, -0.15) is 0 Å². The summed E-state index contributed by atoms with van der Waals surface area (Å²) < 4.78 is 7.28. The zero-order valence-electron chi connectivity index (χ0n) is 17.2. The summed E-state index contributed by atoms with van der Waals surface area (Å²) in [6.07, 6.45) is 6.41. The minimum atomic E-state index is -0.171. The van der Waals surface area contributed by atoms with Crippen molar-refractivity contribution in [3.05, 3.63) is 61.6 Å². The zero-order valence-corrected chi connectivity index (χ0v) is 18.0. The van der Waals surface area contributed by atoms with Crippen molar-refractivity contribution >= 4 is 17.0 Å². The summed E-state index contributed by atoms with van der Waals surface area (Å²) in [7, 11) is 1.64. The van der Waals surface area contributed by atoms with Gasteiger partial charge in [0.2, 0.25) is 5.88 Å². The van der Waals surface area contributed by atoms with Crippen LogP contribution in [0, 0.1) is 12.8 Å². The van der Waals surface area contributed by atoms with Gasteiger partial charge in [-0.1, -0.05) is 6.07 Å². The molecule has 1 N–H and O–H groups in total. The van der Waals surface area contributed by atoms with Gasteiger partial charge in [0.25, 0.3) is 5.56 Å². The summed E-state index contributed by atoms with van der Waals surface area (Å²) in [4.78, 5) is 22.6. The van der Waals surface area contributed by atoms with Gasteiger partial charge in [0.1, 0.15) is 5.69 Å². The van der Waals surface area contributed by atoms with Crippen molar-refractivity contribution in [3.63, 3.8) is 0 Å². The van der Waals surface area contributed by atoms with Gasteiger partial charge < -0.3 is 10.1 Å². The fraction of sp³-hybridized carbons (Fsp3) is 0.455. The van der Waals surface area contributed by atoms with Crippen LogP contribution >= 0.6 is 11.3 Å². The van der Waals surface area contributed by atoms with E-state index in [2.05, 4.69) is 27.5 Å². The molecule has 0 bridgehead atoms.